The van der Waals surface area contributed by atoms with Crippen molar-refractivity contribution in [2.45, 2.75) is 84.5 Å². The largest absolute Gasteiger partial charge is 0.359 e. The third kappa shape index (κ3) is 8.50. The van der Waals surface area contributed by atoms with Crippen molar-refractivity contribution >= 4 is 0 Å². The Balaban J connectivity index is 1.84. The van der Waals surface area contributed by atoms with Crippen molar-refractivity contribution in [1.29, 1.82) is 0 Å². The standard InChI is InChI=1S/C18H36N2/c1-3-5-7-8-9-10-11-12-13-15-20-17-16-19(18-20)14-6-4-2/h16-17H,3-15,18H2,1-2H3. The highest BCUT2D eigenvalue weighted by Gasteiger charge is 2.10. The summed E-state index contributed by atoms with van der Waals surface area (Å²) in [4.78, 5) is 4.91. The van der Waals surface area contributed by atoms with Crippen molar-refractivity contribution in [2.24, 2.45) is 0 Å². The molecule has 1 aliphatic rings. The van der Waals surface area contributed by atoms with Crippen LogP contribution in [0.25, 0.3) is 0 Å². The van der Waals surface area contributed by atoms with Gasteiger partial charge in [-0.2, -0.15) is 0 Å². The second-order valence-electron chi connectivity index (χ2n) is 6.25. The predicted molar refractivity (Wildman–Crippen MR) is 89.6 cm³/mol. The first kappa shape index (κ1) is 17.4. The lowest BCUT2D eigenvalue weighted by atomic mass is 10.1. The summed E-state index contributed by atoms with van der Waals surface area (Å²) in [5.41, 5.74) is 0. The third-order valence-electron chi connectivity index (χ3n) is 4.20. The summed E-state index contributed by atoms with van der Waals surface area (Å²) in [6.07, 6.45) is 19.9. The van der Waals surface area contributed by atoms with Gasteiger partial charge in [0.25, 0.3) is 0 Å². The molecule has 0 aromatic carbocycles. The summed E-state index contributed by atoms with van der Waals surface area (Å²) in [6.45, 7) is 8.14. The zero-order chi connectivity index (χ0) is 14.5. The molecule has 0 fully saturated rings. The van der Waals surface area contributed by atoms with E-state index in [-0.39, 0.29) is 0 Å². The van der Waals surface area contributed by atoms with Crippen molar-refractivity contribution in [1.82, 2.24) is 9.80 Å². The first-order valence-corrected chi connectivity index (χ1v) is 9.03. The highest BCUT2D eigenvalue weighted by atomic mass is 15.3. The molecule has 0 unspecified atom stereocenters. The number of rotatable bonds is 13. The fourth-order valence-corrected chi connectivity index (χ4v) is 2.79. The van der Waals surface area contributed by atoms with Gasteiger partial charge in [0.15, 0.2) is 0 Å². The van der Waals surface area contributed by atoms with Gasteiger partial charge in [-0.3, -0.25) is 0 Å². The topological polar surface area (TPSA) is 6.48 Å². The molecule has 0 saturated heterocycles. The maximum Gasteiger partial charge on any atom is 0.0893 e. The maximum atomic E-state index is 2.47. The van der Waals surface area contributed by atoms with Crippen LogP contribution in [0.5, 0.6) is 0 Å². The van der Waals surface area contributed by atoms with Gasteiger partial charge in [-0.05, 0) is 12.8 Å². The van der Waals surface area contributed by atoms with Gasteiger partial charge in [-0.25, -0.2) is 0 Å². The molecule has 0 bridgehead atoms. The van der Waals surface area contributed by atoms with Gasteiger partial charge >= 0.3 is 0 Å². The molecule has 20 heavy (non-hydrogen) atoms. The second kappa shape index (κ2) is 12.1. The summed E-state index contributed by atoms with van der Waals surface area (Å²) in [5, 5.41) is 0. The molecule has 0 radical (unpaired) electrons. The van der Waals surface area contributed by atoms with Crippen molar-refractivity contribution in [2.75, 3.05) is 19.8 Å². The molecule has 0 atom stereocenters. The summed E-state index contributed by atoms with van der Waals surface area (Å²) < 4.78 is 0. The summed E-state index contributed by atoms with van der Waals surface area (Å²) in [6, 6.07) is 0. The zero-order valence-electron chi connectivity index (χ0n) is 13.9. The minimum Gasteiger partial charge on any atom is -0.359 e. The van der Waals surface area contributed by atoms with Crippen LogP contribution in [0.2, 0.25) is 0 Å². The van der Waals surface area contributed by atoms with Crippen LogP contribution in [-0.4, -0.2) is 29.6 Å². The number of nitrogens with zero attached hydrogens (tertiary/aromatic N) is 2. The van der Waals surface area contributed by atoms with Gasteiger partial charge in [-0.1, -0.05) is 71.6 Å². The fourth-order valence-electron chi connectivity index (χ4n) is 2.79. The lowest BCUT2D eigenvalue weighted by molar-refractivity contribution is 0.258. The Kier molecular flexibility index (Phi) is 10.5. The van der Waals surface area contributed by atoms with E-state index in [1.54, 1.807) is 0 Å². The van der Waals surface area contributed by atoms with E-state index in [2.05, 4.69) is 36.0 Å². The van der Waals surface area contributed by atoms with Gasteiger partial charge in [-0.15, -0.1) is 0 Å². The van der Waals surface area contributed by atoms with E-state index in [1.807, 2.05) is 0 Å². The normalized spacial score (nSPS) is 14.5. The Morgan fingerprint density at radius 3 is 1.60 bits per heavy atom. The van der Waals surface area contributed by atoms with Crippen LogP contribution in [0.3, 0.4) is 0 Å². The van der Waals surface area contributed by atoms with E-state index in [0.29, 0.717) is 0 Å². The number of unbranched alkanes of at least 4 members (excludes halogenated alkanes) is 9. The lowest BCUT2D eigenvalue weighted by Crippen LogP contribution is -2.26. The Hall–Kier alpha value is -0.660. The molecule has 0 N–H and O–H groups in total. The van der Waals surface area contributed by atoms with E-state index in [1.165, 1.54) is 83.7 Å². The molecule has 1 rings (SSSR count). The molecule has 0 spiro atoms. The van der Waals surface area contributed by atoms with E-state index < -0.39 is 0 Å². The van der Waals surface area contributed by atoms with Gasteiger partial charge in [0.05, 0.1) is 6.67 Å². The van der Waals surface area contributed by atoms with Crippen LogP contribution in [0, 0.1) is 0 Å². The molecule has 0 aliphatic carbocycles. The molecular formula is C18H36N2. The quantitative estimate of drug-likeness (QED) is 0.419. The number of hydrogen-bond donors (Lipinski definition) is 0. The van der Waals surface area contributed by atoms with E-state index in [4.69, 9.17) is 0 Å². The van der Waals surface area contributed by atoms with Crippen LogP contribution in [0.4, 0.5) is 0 Å². The fraction of sp³-hybridized carbons (Fsp3) is 0.889. The Bertz CT molecular complexity index is 238. The van der Waals surface area contributed by atoms with Crippen LogP contribution in [-0.2, 0) is 0 Å². The summed E-state index contributed by atoms with van der Waals surface area (Å²) in [7, 11) is 0. The minimum absolute atomic E-state index is 1.12. The molecule has 1 aliphatic heterocycles. The van der Waals surface area contributed by atoms with Gasteiger partial charge in [0.1, 0.15) is 0 Å². The molecule has 2 nitrogen and oxygen atoms in total. The first-order chi connectivity index (χ1) is 9.86. The Morgan fingerprint density at radius 2 is 1.05 bits per heavy atom. The summed E-state index contributed by atoms with van der Waals surface area (Å²) >= 11 is 0. The van der Waals surface area contributed by atoms with E-state index in [9.17, 15) is 0 Å². The molecule has 1 heterocycles. The predicted octanol–water partition coefficient (Wildman–Crippen LogP) is 5.36. The molecule has 0 saturated carbocycles. The Labute approximate surface area is 127 Å². The maximum absolute atomic E-state index is 2.47. The van der Waals surface area contributed by atoms with Crippen LogP contribution in [0.15, 0.2) is 12.4 Å². The summed E-state index contributed by atoms with van der Waals surface area (Å²) in [5.74, 6) is 0. The van der Waals surface area contributed by atoms with E-state index in [0.717, 1.165) is 6.67 Å². The van der Waals surface area contributed by atoms with Gasteiger partial charge in [0, 0.05) is 25.5 Å². The van der Waals surface area contributed by atoms with Gasteiger partial charge in [0.2, 0.25) is 0 Å². The van der Waals surface area contributed by atoms with Crippen LogP contribution >= 0.6 is 0 Å². The molecule has 2 heteroatoms. The highest BCUT2D eigenvalue weighted by Crippen LogP contribution is 2.12. The zero-order valence-corrected chi connectivity index (χ0v) is 13.9. The smallest absolute Gasteiger partial charge is 0.0893 e. The minimum atomic E-state index is 1.12. The lowest BCUT2D eigenvalue weighted by Gasteiger charge is -2.21. The highest BCUT2D eigenvalue weighted by molar-refractivity contribution is 4.90. The van der Waals surface area contributed by atoms with Crippen molar-refractivity contribution in [3.8, 4) is 0 Å². The number of hydrogen-bond acceptors (Lipinski definition) is 2. The Morgan fingerprint density at radius 1 is 0.600 bits per heavy atom. The average Bonchev–Trinajstić information content (AvgIpc) is 2.91. The van der Waals surface area contributed by atoms with Gasteiger partial charge < -0.3 is 9.80 Å². The molecule has 118 valence electrons. The van der Waals surface area contributed by atoms with Crippen molar-refractivity contribution < 1.29 is 0 Å². The second-order valence-corrected chi connectivity index (χ2v) is 6.25. The average molecular weight is 280 g/mol. The van der Waals surface area contributed by atoms with Crippen LogP contribution < -0.4 is 0 Å². The van der Waals surface area contributed by atoms with Crippen LogP contribution in [0.1, 0.15) is 84.5 Å². The van der Waals surface area contributed by atoms with Crippen molar-refractivity contribution in [3.05, 3.63) is 12.4 Å². The SMILES string of the molecule is CCCCCCCCCCCN1C=CN(CCCC)C1. The first-order valence-electron chi connectivity index (χ1n) is 9.03. The van der Waals surface area contributed by atoms with Crippen molar-refractivity contribution in [3.63, 3.8) is 0 Å². The monoisotopic (exact) mass is 280 g/mol. The van der Waals surface area contributed by atoms with E-state index >= 15 is 0 Å². The molecule has 0 amide bonds. The molecular weight excluding hydrogens is 244 g/mol. The third-order valence-corrected chi connectivity index (χ3v) is 4.20. The molecule has 0 aromatic rings. The molecule has 0 aromatic heterocycles.